The number of halogens is 1. The van der Waals surface area contributed by atoms with Crippen molar-refractivity contribution < 1.29 is 14.6 Å². The Kier molecular flexibility index (Phi) is 5.59. The summed E-state index contributed by atoms with van der Waals surface area (Å²) in [6, 6.07) is 9.73. The van der Waals surface area contributed by atoms with Crippen molar-refractivity contribution >= 4 is 40.0 Å². The van der Waals surface area contributed by atoms with Crippen LogP contribution < -0.4 is 10.1 Å². The molecule has 6 nitrogen and oxygen atoms in total. The Morgan fingerprint density at radius 2 is 2.13 bits per heavy atom. The van der Waals surface area contributed by atoms with Gasteiger partial charge in [0.15, 0.2) is 5.75 Å². The van der Waals surface area contributed by atoms with E-state index in [0.717, 1.165) is 27.6 Å². The summed E-state index contributed by atoms with van der Waals surface area (Å²) in [4.78, 5) is 20.4. The number of aromatic nitrogens is 2. The molecule has 1 unspecified atom stereocenters. The SMILES string of the molecule is CNc1ncc2c(-c3cccc(Cl)c3)cc(C3=CCC(C(=O)O)CC3)c(OC)c2n1. The van der Waals surface area contributed by atoms with Gasteiger partial charge in [-0.25, -0.2) is 9.97 Å². The number of hydrogen-bond acceptors (Lipinski definition) is 5. The van der Waals surface area contributed by atoms with Crippen molar-refractivity contribution in [3.63, 3.8) is 0 Å². The Morgan fingerprint density at radius 3 is 2.77 bits per heavy atom. The molecule has 2 aromatic carbocycles. The highest BCUT2D eigenvalue weighted by molar-refractivity contribution is 6.31. The second kappa shape index (κ2) is 8.32. The largest absolute Gasteiger partial charge is 0.494 e. The topological polar surface area (TPSA) is 84.3 Å². The zero-order valence-corrected chi connectivity index (χ0v) is 17.5. The van der Waals surface area contributed by atoms with Gasteiger partial charge in [-0.3, -0.25) is 4.79 Å². The first-order valence-corrected chi connectivity index (χ1v) is 10.1. The Morgan fingerprint density at radius 1 is 1.30 bits per heavy atom. The number of methoxy groups -OCH3 is 1. The summed E-state index contributed by atoms with van der Waals surface area (Å²) in [7, 11) is 3.40. The minimum absolute atomic E-state index is 0.342. The van der Waals surface area contributed by atoms with E-state index in [4.69, 9.17) is 16.3 Å². The normalized spacial score (nSPS) is 16.2. The molecule has 0 fully saturated rings. The number of anilines is 1. The quantitative estimate of drug-likeness (QED) is 0.581. The van der Waals surface area contributed by atoms with Gasteiger partial charge < -0.3 is 15.2 Å². The highest BCUT2D eigenvalue weighted by atomic mass is 35.5. The molecule has 30 heavy (non-hydrogen) atoms. The lowest BCUT2D eigenvalue weighted by Crippen LogP contribution is -2.16. The maximum atomic E-state index is 11.3. The van der Waals surface area contributed by atoms with Gasteiger partial charge in [-0.1, -0.05) is 29.8 Å². The zero-order chi connectivity index (χ0) is 21.3. The van der Waals surface area contributed by atoms with Crippen LogP contribution in [-0.2, 0) is 4.79 Å². The zero-order valence-electron chi connectivity index (χ0n) is 16.8. The first kappa shape index (κ1) is 20.2. The minimum atomic E-state index is -0.748. The van der Waals surface area contributed by atoms with Gasteiger partial charge in [0.25, 0.3) is 0 Å². The third kappa shape index (κ3) is 3.71. The Hall–Kier alpha value is -3.12. The van der Waals surface area contributed by atoms with Gasteiger partial charge in [0.05, 0.1) is 13.0 Å². The van der Waals surface area contributed by atoms with Gasteiger partial charge in [0.2, 0.25) is 5.95 Å². The molecule has 0 radical (unpaired) electrons. The number of carboxylic acids is 1. The maximum absolute atomic E-state index is 11.3. The lowest BCUT2D eigenvalue weighted by atomic mass is 9.85. The van der Waals surface area contributed by atoms with Crippen LogP contribution in [-0.4, -0.2) is 35.2 Å². The number of hydrogen-bond donors (Lipinski definition) is 2. The summed E-state index contributed by atoms with van der Waals surface area (Å²) >= 11 is 6.25. The molecule has 1 aliphatic carbocycles. The summed E-state index contributed by atoms with van der Waals surface area (Å²) in [6.07, 6.45) is 5.56. The highest BCUT2D eigenvalue weighted by Crippen LogP contribution is 2.43. The number of nitrogens with one attached hydrogen (secondary N) is 1. The lowest BCUT2D eigenvalue weighted by Gasteiger charge is -2.22. The predicted octanol–water partition coefficient (Wildman–Crippen LogP) is 5.27. The van der Waals surface area contributed by atoms with E-state index in [9.17, 15) is 9.90 Å². The molecule has 0 saturated carbocycles. The number of benzene rings is 2. The van der Waals surface area contributed by atoms with Crippen molar-refractivity contribution in [3.05, 3.63) is 53.2 Å². The number of fused-ring (bicyclic) bond motifs is 1. The molecule has 0 amide bonds. The smallest absolute Gasteiger partial charge is 0.306 e. The highest BCUT2D eigenvalue weighted by Gasteiger charge is 2.25. The van der Waals surface area contributed by atoms with Gasteiger partial charge >= 0.3 is 5.97 Å². The van der Waals surface area contributed by atoms with Gasteiger partial charge in [-0.05, 0) is 54.2 Å². The van der Waals surface area contributed by atoms with Crippen LogP contribution in [0.25, 0.3) is 27.6 Å². The average molecular weight is 424 g/mol. The molecule has 7 heteroatoms. The second-order valence-corrected chi connectivity index (χ2v) is 7.70. The molecule has 0 aliphatic heterocycles. The van der Waals surface area contributed by atoms with Crippen LogP contribution in [0.4, 0.5) is 5.95 Å². The lowest BCUT2D eigenvalue weighted by molar-refractivity contribution is -0.141. The van der Waals surface area contributed by atoms with Crippen LogP contribution in [0.2, 0.25) is 5.02 Å². The summed E-state index contributed by atoms with van der Waals surface area (Å²) in [5.41, 5.74) is 4.60. The molecule has 1 aliphatic rings. The minimum Gasteiger partial charge on any atom is -0.494 e. The monoisotopic (exact) mass is 423 g/mol. The molecular formula is C23H22ClN3O3. The molecule has 154 valence electrons. The van der Waals surface area contributed by atoms with Crippen molar-refractivity contribution in [3.8, 4) is 16.9 Å². The number of carbonyl (C=O) groups is 1. The van der Waals surface area contributed by atoms with Crippen LogP contribution in [0.15, 0.2) is 42.6 Å². The van der Waals surface area contributed by atoms with Gasteiger partial charge in [0.1, 0.15) is 5.52 Å². The number of nitrogens with zero attached hydrogens (tertiary/aromatic N) is 2. The molecule has 0 spiro atoms. The van der Waals surface area contributed by atoms with Crippen molar-refractivity contribution in [1.82, 2.24) is 9.97 Å². The van der Waals surface area contributed by atoms with Crippen molar-refractivity contribution in [2.24, 2.45) is 5.92 Å². The van der Waals surface area contributed by atoms with E-state index in [-0.39, 0.29) is 5.92 Å². The van der Waals surface area contributed by atoms with Gasteiger partial charge in [-0.15, -0.1) is 0 Å². The fourth-order valence-electron chi connectivity index (χ4n) is 3.93. The number of carboxylic acid groups (broad SMARTS) is 1. The standard InChI is InChI=1S/C23H22ClN3O3/c1-25-23-26-12-19-17(15-4-3-5-16(24)10-15)11-18(21(30-2)20(19)27-23)13-6-8-14(9-7-13)22(28)29/h3-6,10-12,14H,7-9H2,1-2H3,(H,28,29)(H,25,26,27). The molecule has 1 heterocycles. The molecule has 1 atom stereocenters. The van der Waals surface area contributed by atoms with E-state index in [1.807, 2.05) is 30.3 Å². The Balaban J connectivity index is 1.97. The molecular weight excluding hydrogens is 402 g/mol. The predicted molar refractivity (Wildman–Crippen MR) is 119 cm³/mol. The van der Waals surface area contributed by atoms with Gasteiger partial charge in [-0.2, -0.15) is 0 Å². The first-order chi connectivity index (χ1) is 14.5. The third-order valence-electron chi connectivity index (χ3n) is 5.50. The van der Waals surface area contributed by atoms with Crippen LogP contribution >= 0.6 is 11.6 Å². The van der Waals surface area contributed by atoms with E-state index in [2.05, 4.69) is 21.4 Å². The number of allylic oxidation sites excluding steroid dienone is 2. The van der Waals surface area contributed by atoms with E-state index >= 15 is 0 Å². The molecule has 2 N–H and O–H groups in total. The summed E-state index contributed by atoms with van der Waals surface area (Å²) in [5.74, 6) is 0.0703. The van der Waals surface area contributed by atoms with Crippen LogP contribution in [0.3, 0.4) is 0 Å². The molecule has 4 rings (SSSR count). The van der Waals surface area contributed by atoms with Gasteiger partial charge in [0, 0.05) is 29.2 Å². The van der Waals surface area contributed by atoms with Crippen LogP contribution in [0.5, 0.6) is 5.75 Å². The van der Waals surface area contributed by atoms with Crippen LogP contribution in [0, 0.1) is 5.92 Å². The number of ether oxygens (including phenoxy) is 1. The van der Waals surface area contributed by atoms with E-state index in [0.29, 0.717) is 41.5 Å². The average Bonchev–Trinajstić information content (AvgIpc) is 2.77. The fraction of sp³-hybridized carbons (Fsp3) is 0.261. The Labute approximate surface area is 179 Å². The van der Waals surface area contributed by atoms with E-state index < -0.39 is 5.97 Å². The molecule has 0 bridgehead atoms. The number of rotatable bonds is 5. The first-order valence-electron chi connectivity index (χ1n) is 9.75. The second-order valence-electron chi connectivity index (χ2n) is 7.26. The summed E-state index contributed by atoms with van der Waals surface area (Å²) in [6.45, 7) is 0. The van der Waals surface area contributed by atoms with E-state index in [1.165, 1.54) is 0 Å². The Bertz CT molecular complexity index is 1160. The fourth-order valence-corrected chi connectivity index (χ4v) is 4.12. The molecule has 0 saturated heterocycles. The molecule has 1 aromatic heterocycles. The van der Waals surface area contributed by atoms with Crippen molar-refractivity contribution in [1.29, 1.82) is 0 Å². The maximum Gasteiger partial charge on any atom is 0.306 e. The molecule has 3 aromatic rings. The van der Waals surface area contributed by atoms with Crippen LogP contribution in [0.1, 0.15) is 24.8 Å². The summed E-state index contributed by atoms with van der Waals surface area (Å²) < 4.78 is 5.80. The number of aliphatic carboxylic acids is 1. The van der Waals surface area contributed by atoms with E-state index in [1.54, 1.807) is 20.4 Å². The van der Waals surface area contributed by atoms with Crippen molar-refractivity contribution in [2.75, 3.05) is 19.5 Å². The van der Waals surface area contributed by atoms with Crippen molar-refractivity contribution in [2.45, 2.75) is 19.3 Å². The third-order valence-corrected chi connectivity index (χ3v) is 5.73. The summed E-state index contributed by atoms with van der Waals surface area (Å²) in [5, 5.41) is 13.8.